The third-order valence-electron chi connectivity index (χ3n) is 2.97. The van der Waals surface area contributed by atoms with Crippen LogP contribution in [-0.2, 0) is 11.3 Å². The van der Waals surface area contributed by atoms with E-state index >= 15 is 0 Å². The molecule has 1 N–H and O–H groups in total. The van der Waals surface area contributed by atoms with E-state index in [4.69, 9.17) is 16.3 Å². The highest BCUT2D eigenvalue weighted by atomic mass is 35.5. The Morgan fingerprint density at radius 3 is 3.00 bits per heavy atom. The molecular weight excluding hydrogens is 248 g/mol. The molecule has 0 fully saturated rings. The average molecular weight is 267 g/mol. The molecule has 0 saturated carbocycles. The Morgan fingerprint density at radius 1 is 1.28 bits per heavy atom. The predicted molar refractivity (Wildman–Crippen MR) is 76.3 cm³/mol. The summed E-state index contributed by atoms with van der Waals surface area (Å²) in [5.74, 6) is 0. The molecule has 0 aliphatic carbocycles. The van der Waals surface area contributed by atoms with E-state index in [1.165, 1.54) is 10.9 Å². The van der Waals surface area contributed by atoms with Crippen LogP contribution in [0.1, 0.15) is 6.42 Å². The minimum atomic E-state index is 0.766. The Labute approximate surface area is 113 Å². The topological polar surface area (TPSA) is 26.2 Å². The van der Waals surface area contributed by atoms with Crippen LogP contribution in [0, 0.1) is 0 Å². The monoisotopic (exact) mass is 266 g/mol. The molecule has 0 amide bonds. The number of halogens is 1. The van der Waals surface area contributed by atoms with Gasteiger partial charge in [0, 0.05) is 36.9 Å². The lowest BCUT2D eigenvalue weighted by atomic mass is 10.2. The van der Waals surface area contributed by atoms with Gasteiger partial charge in [0.25, 0.3) is 0 Å². The number of rotatable bonds is 7. The number of ether oxygens (including phenoxy) is 1. The first-order valence-corrected chi connectivity index (χ1v) is 6.63. The summed E-state index contributed by atoms with van der Waals surface area (Å²) in [6.45, 7) is 3.68. The van der Waals surface area contributed by atoms with Crippen molar-refractivity contribution in [3.05, 3.63) is 35.5 Å². The quantitative estimate of drug-likeness (QED) is 0.780. The van der Waals surface area contributed by atoms with E-state index < -0.39 is 0 Å². The molecule has 1 heterocycles. The summed E-state index contributed by atoms with van der Waals surface area (Å²) in [6, 6.07) is 8.14. The molecule has 0 aliphatic heterocycles. The van der Waals surface area contributed by atoms with Gasteiger partial charge in [-0.25, -0.2) is 0 Å². The Kier molecular flexibility index (Phi) is 5.05. The first-order chi connectivity index (χ1) is 8.81. The maximum absolute atomic E-state index is 6.03. The lowest BCUT2D eigenvalue weighted by Crippen LogP contribution is -2.21. The van der Waals surface area contributed by atoms with E-state index in [1.54, 1.807) is 7.11 Å². The molecule has 0 saturated heterocycles. The second kappa shape index (κ2) is 6.78. The smallest absolute Gasteiger partial charge is 0.0587 e. The van der Waals surface area contributed by atoms with Crippen LogP contribution in [0.15, 0.2) is 30.5 Å². The van der Waals surface area contributed by atoms with Gasteiger partial charge in [-0.15, -0.1) is 0 Å². The largest absolute Gasteiger partial charge is 0.383 e. The van der Waals surface area contributed by atoms with Crippen molar-refractivity contribution >= 4 is 22.5 Å². The number of fused-ring (bicyclic) bond motifs is 1. The molecule has 0 aliphatic rings. The summed E-state index contributed by atoms with van der Waals surface area (Å²) in [4.78, 5) is 0. The van der Waals surface area contributed by atoms with Gasteiger partial charge in [0.05, 0.1) is 6.61 Å². The van der Waals surface area contributed by atoms with E-state index in [-0.39, 0.29) is 0 Å². The van der Waals surface area contributed by atoms with E-state index in [1.807, 2.05) is 12.1 Å². The molecule has 0 atom stereocenters. The number of nitrogens with one attached hydrogen (secondary N) is 1. The molecule has 0 radical (unpaired) electrons. The van der Waals surface area contributed by atoms with Crippen molar-refractivity contribution in [2.24, 2.45) is 0 Å². The highest BCUT2D eigenvalue weighted by molar-refractivity contribution is 6.31. The van der Waals surface area contributed by atoms with E-state index in [0.717, 1.165) is 37.7 Å². The minimum absolute atomic E-state index is 0.766. The van der Waals surface area contributed by atoms with Gasteiger partial charge >= 0.3 is 0 Å². The van der Waals surface area contributed by atoms with Gasteiger partial charge in [-0.2, -0.15) is 0 Å². The lowest BCUT2D eigenvalue weighted by molar-refractivity contribution is 0.199. The number of nitrogens with zero attached hydrogens (tertiary/aromatic N) is 1. The van der Waals surface area contributed by atoms with Crippen LogP contribution >= 0.6 is 11.6 Å². The van der Waals surface area contributed by atoms with Crippen LogP contribution in [0.25, 0.3) is 10.9 Å². The molecule has 4 heteroatoms. The fourth-order valence-corrected chi connectivity index (χ4v) is 2.19. The summed E-state index contributed by atoms with van der Waals surface area (Å²) in [6.07, 6.45) is 3.22. The third kappa shape index (κ3) is 3.48. The van der Waals surface area contributed by atoms with Gasteiger partial charge < -0.3 is 14.6 Å². The Bertz CT molecular complexity index is 495. The van der Waals surface area contributed by atoms with Crippen LogP contribution < -0.4 is 5.32 Å². The fraction of sp³-hybridized carbons (Fsp3) is 0.429. The minimum Gasteiger partial charge on any atom is -0.383 e. The SMILES string of the molecule is COCCNCCCn1ccc2ccc(Cl)cc21. The van der Waals surface area contributed by atoms with Gasteiger partial charge in [0.1, 0.15) is 0 Å². The van der Waals surface area contributed by atoms with Crippen molar-refractivity contribution in [1.29, 1.82) is 0 Å². The number of aromatic nitrogens is 1. The van der Waals surface area contributed by atoms with Crippen LogP contribution in [0.2, 0.25) is 5.02 Å². The van der Waals surface area contributed by atoms with Crippen molar-refractivity contribution in [2.45, 2.75) is 13.0 Å². The van der Waals surface area contributed by atoms with Gasteiger partial charge in [-0.05, 0) is 36.6 Å². The van der Waals surface area contributed by atoms with Gasteiger partial charge in [0.2, 0.25) is 0 Å². The number of hydrogen-bond donors (Lipinski definition) is 1. The number of methoxy groups -OCH3 is 1. The summed E-state index contributed by atoms with van der Waals surface area (Å²) < 4.78 is 7.23. The standard InChI is InChI=1S/C14H19ClN2O/c1-18-10-7-16-6-2-8-17-9-5-12-3-4-13(15)11-14(12)17/h3-5,9,11,16H,2,6-8,10H2,1H3. The first kappa shape index (κ1) is 13.4. The third-order valence-corrected chi connectivity index (χ3v) is 3.21. The van der Waals surface area contributed by atoms with Gasteiger partial charge in [0.15, 0.2) is 0 Å². The number of aryl methyl sites for hydroxylation is 1. The van der Waals surface area contributed by atoms with E-state index in [0.29, 0.717) is 0 Å². The molecule has 98 valence electrons. The first-order valence-electron chi connectivity index (χ1n) is 6.25. The van der Waals surface area contributed by atoms with Crippen LogP contribution in [0.3, 0.4) is 0 Å². The summed E-state index contributed by atoms with van der Waals surface area (Å²) in [5, 5.41) is 5.38. The van der Waals surface area contributed by atoms with E-state index in [9.17, 15) is 0 Å². The molecule has 0 unspecified atom stereocenters. The van der Waals surface area contributed by atoms with Crippen LogP contribution in [0.5, 0.6) is 0 Å². The van der Waals surface area contributed by atoms with Crippen LogP contribution in [0.4, 0.5) is 0 Å². The summed E-state index contributed by atoms with van der Waals surface area (Å²) in [7, 11) is 1.72. The molecule has 1 aromatic carbocycles. The van der Waals surface area contributed by atoms with Crippen LogP contribution in [-0.4, -0.2) is 31.4 Å². The fourth-order valence-electron chi connectivity index (χ4n) is 2.03. The maximum Gasteiger partial charge on any atom is 0.0587 e. The van der Waals surface area contributed by atoms with Crippen molar-refractivity contribution in [2.75, 3.05) is 26.8 Å². The zero-order valence-corrected chi connectivity index (χ0v) is 11.4. The number of benzene rings is 1. The average Bonchev–Trinajstić information content (AvgIpc) is 2.76. The highest BCUT2D eigenvalue weighted by Crippen LogP contribution is 2.20. The Hall–Kier alpha value is -1.03. The Balaban J connectivity index is 1.86. The molecular formula is C14H19ClN2O. The highest BCUT2D eigenvalue weighted by Gasteiger charge is 2.01. The van der Waals surface area contributed by atoms with Crippen molar-refractivity contribution in [3.63, 3.8) is 0 Å². The predicted octanol–water partition coefficient (Wildman–Crippen LogP) is 2.92. The Morgan fingerprint density at radius 2 is 2.17 bits per heavy atom. The second-order valence-corrected chi connectivity index (χ2v) is 4.75. The number of hydrogen-bond acceptors (Lipinski definition) is 2. The van der Waals surface area contributed by atoms with Gasteiger partial charge in [-0.3, -0.25) is 0 Å². The maximum atomic E-state index is 6.03. The van der Waals surface area contributed by atoms with Crippen molar-refractivity contribution in [3.8, 4) is 0 Å². The zero-order valence-electron chi connectivity index (χ0n) is 10.7. The van der Waals surface area contributed by atoms with Gasteiger partial charge in [-0.1, -0.05) is 17.7 Å². The molecule has 0 bridgehead atoms. The molecule has 2 rings (SSSR count). The summed E-state index contributed by atoms with van der Waals surface area (Å²) in [5.41, 5.74) is 1.21. The zero-order chi connectivity index (χ0) is 12.8. The molecule has 1 aromatic heterocycles. The lowest BCUT2D eigenvalue weighted by Gasteiger charge is -2.07. The summed E-state index contributed by atoms with van der Waals surface area (Å²) >= 11 is 6.03. The molecule has 0 spiro atoms. The normalized spacial score (nSPS) is 11.2. The molecule has 18 heavy (non-hydrogen) atoms. The molecule has 3 nitrogen and oxygen atoms in total. The van der Waals surface area contributed by atoms with E-state index in [2.05, 4.69) is 28.2 Å². The van der Waals surface area contributed by atoms with Crippen molar-refractivity contribution < 1.29 is 4.74 Å². The second-order valence-electron chi connectivity index (χ2n) is 4.31. The molecule has 2 aromatic rings. The van der Waals surface area contributed by atoms with Crippen molar-refractivity contribution in [1.82, 2.24) is 9.88 Å².